The van der Waals surface area contributed by atoms with Crippen molar-refractivity contribution in [3.05, 3.63) is 50.2 Å². The zero-order chi connectivity index (χ0) is 16.6. The van der Waals surface area contributed by atoms with Crippen LogP contribution in [0.15, 0.2) is 29.2 Å². The second-order valence-corrected chi connectivity index (χ2v) is 6.40. The molecular weight excluding hydrogens is 336 g/mol. The smallest absolute Gasteiger partial charge is 0.262 e. The molecule has 0 aliphatic rings. The van der Waals surface area contributed by atoms with Crippen LogP contribution in [0.5, 0.6) is 0 Å². The van der Waals surface area contributed by atoms with E-state index in [-0.39, 0.29) is 11.0 Å². The van der Waals surface area contributed by atoms with Crippen molar-refractivity contribution < 1.29 is 4.79 Å². The summed E-state index contributed by atoms with van der Waals surface area (Å²) in [6, 6.07) is 5.04. The number of nitrogens with zero attached hydrogens (tertiary/aromatic N) is 3. The molecule has 1 aromatic carbocycles. The zero-order valence-corrected chi connectivity index (χ0v) is 14.0. The number of hydrogen-bond donors (Lipinski definition) is 1. The normalized spacial score (nSPS) is 10.9. The van der Waals surface area contributed by atoms with Gasteiger partial charge in [0, 0.05) is 18.6 Å². The van der Waals surface area contributed by atoms with Gasteiger partial charge in [-0.3, -0.25) is 14.9 Å². The maximum Gasteiger partial charge on any atom is 0.262 e. The third-order valence-electron chi connectivity index (χ3n) is 3.39. The predicted molar refractivity (Wildman–Crippen MR) is 91.4 cm³/mol. The van der Waals surface area contributed by atoms with Crippen LogP contribution in [-0.2, 0) is 13.5 Å². The Morgan fingerprint density at radius 3 is 2.87 bits per heavy atom. The number of anilines is 1. The van der Waals surface area contributed by atoms with E-state index in [1.165, 1.54) is 17.5 Å². The monoisotopic (exact) mass is 348 g/mol. The van der Waals surface area contributed by atoms with E-state index in [1.54, 1.807) is 29.8 Å². The highest BCUT2D eigenvalue weighted by atomic mass is 35.5. The summed E-state index contributed by atoms with van der Waals surface area (Å²) >= 11 is 7.43. The second kappa shape index (κ2) is 6.10. The van der Waals surface area contributed by atoms with E-state index in [0.717, 1.165) is 11.4 Å². The van der Waals surface area contributed by atoms with E-state index < -0.39 is 5.91 Å². The number of carbonyl (C=O) groups excluding carboxylic acids is 1. The van der Waals surface area contributed by atoms with Crippen LogP contribution in [0.25, 0.3) is 10.9 Å². The van der Waals surface area contributed by atoms with Gasteiger partial charge >= 0.3 is 0 Å². The highest BCUT2D eigenvalue weighted by Crippen LogP contribution is 2.21. The molecule has 118 valence electrons. The fourth-order valence-electron chi connectivity index (χ4n) is 2.29. The van der Waals surface area contributed by atoms with Crippen molar-refractivity contribution in [1.29, 1.82) is 0 Å². The molecule has 1 N–H and O–H groups in total. The summed E-state index contributed by atoms with van der Waals surface area (Å²) in [4.78, 5) is 25.0. The minimum absolute atomic E-state index is 0.0375. The topological polar surface area (TPSA) is 76.9 Å². The molecule has 3 rings (SSSR count). The van der Waals surface area contributed by atoms with Crippen molar-refractivity contribution in [3.8, 4) is 0 Å². The average Bonchev–Trinajstić information content (AvgIpc) is 2.98. The van der Waals surface area contributed by atoms with Crippen LogP contribution in [0.1, 0.15) is 22.3 Å². The molecule has 0 saturated heterocycles. The third-order valence-corrected chi connectivity index (χ3v) is 4.67. The van der Waals surface area contributed by atoms with Crippen LogP contribution in [0.2, 0.25) is 5.02 Å². The first kappa shape index (κ1) is 15.6. The van der Waals surface area contributed by atoms with Crippen molar-refractivity contribution in [2.45, 2.75) is 13.3 Å². The molecule has 2 aromatic heterocycles. The van der Waals surface area contributed by atoms with Gasteiger partial charge in [0.25, 0.3) is 5.91 Å². The molecule has 0 fully saturated rings. The Morgan fingerprint density at radius 1 is 1.39 bits per heavy atom. The molecule has 6 nitrogen and oxygen atoms in total. The van der Waals surface area contributed by atoms with Gasteiger partial charge in [-0.2, -0.15) is 0 Å². The summed E-state index contributed by atoms with van der Waals surface area (Å²) in [5, 5.41) is 12.5. The number of rotatable bonds is 3. The molecule has 0 radical (unpaired) electrons. The second-order valence-electron chi connectivity index (χ2n) is 4.93. The number of aryl methyl sites for hydroxylation is 2. The summed E-state index contributed by atoms with van der Waals surface area (Å²) in [6.45, 7) is 1.95. The van der Waals surface area contributed by atoms with Gasteiger partial charge in [-0.15, -0.1) is 10.2 Å². The van der Waals surface area contributed by atoms with Crippen LogP contribution in [0.4, 0.5) is 5.13 Å². The molecule has 3 aromatic rings. The molecular formula is C15H13ClN4O2S. The maximum absolute atomic E-state index is 12.6. The van der Waals surface area contributed by atoms with E-state index in [1.807, 2.05) is 6.92 Å². The van der Waals surface area contributed by atoms with Gasteiger partial charge in [-0.1, -0.05) is 35.9 Å². The summed E-state index contributed by atoms with van der Waals surface area (Å²) < 4.78 is 1.67. The molecule has 23 heavy (non-hydrogen) atoms. The lowest BCUT2D eigenvalue weighted by molar-refractivity contribution is 0.102. The average molecular weight is 349 g/mol. The number of carbonyl (C=O) groups is 1. The van der Waals surface area contributed by atoms with E-state index in [0.29, 0.717) is 21.1 Å². The summed E-state index contributed by atoms with van der Waals surface area (Å²) in [7, 11) is 1.74. The number of halogens is 1. The number of hydrogen-bond acceptors (Lipinski definition) is 5. The van der Waals surface area contributed by atoms with Crippen LogP contribution in [0, 0.1) is 0 Å². The van der Waals surface area contributed by atoms with Crippen LogP contribution < -0.4 is 10.7 Å². The van der Waals surface area contributed by atoms with Crippen molar-refractivity contribution in [2.24, 2.45) is 7.05 Å². The molecule has 0 bridgehead atoms. The SMILES string of the molecule is CCc1nnc(NC(=O)c2cn(C)c3c(Cl)cccc3c2=O)s1. The molecule has 1 amide bonds. The third kappa shape index (κ3) is 2.85. The molecule has 8 heteroatoms. The standard InChI is InChI=1S/C15H13ClN4O2S/c1-3-11-18-19-15(23-11)17-14(22)9-7-20(2)12-8(13(9)21)5-4-6-10(12)16/h4-7H,3H2,1-2H3,(H,17,19,22). The molecule has 0 atom stereocenters. The first-order valence-corrected chi connectivity index (χ1v) is 8.12. The Hall–Kier alpha value is -2.25. The van der Waals surface area contributed by atoms with E-state index in [2.05, 4.69) is 15.5 Å². The summed E-state index contributed by atoms with van der Waals surface area (Å²) in [6.07, 6.45) is 2.22. The first-order chi connectivity index (χ1) is 11.0. The van der Waals surface area contributed by atoms with E-state index in [9.17, 15) is 9.59 Å². The van der Waals surface area contributed by atoms with Crippen LogP contribution >= 0.6 is 22.9 Å². The van der Waals surface area contributed by atoms with Gasteiger partial charge in [0.2, 0.25) is 10.6 Å². The predicted octanol–water partition coefficient (Wildman–Crippen LogP) is 2.86. The van der Waals surface area contributed by atoms with Gasteiger partial charge in [-0.25, -0.2) is 0 Å². The van der Waals surface area contributed by atoms with Gasteiger partial charge in [0.1, 0.15) is 10.6 Å². The van der Waals surface area contributed by atoms with Crippen molar-refractivity contribution in [1.82, 2.24) is 14.8 Å². The van der Waals surface area contributed by atoms with Crippen molar-refractivity contribution in [3.63, 3.8) is 0 Å². The van der Waals surface area contributed by atoms with Crippen molar-refractivity contribution in [2.75, 3.05) is 5.32 Å². The van der Waals surface area contributed by atoms with Crippen molar-refractivity contribution >= 4 is 44.9 Å². The number of fused-ring (bicyclic) bond motifs is 1. The number of para-hydroxylation sites is 1. The zero-order valence-electron chi connectivity index (χ0n) is 12.5. The molecule has 0 aliphatic heterocycles. The Morgan fingerprint density at radius 2 is 2.17 bits per heavy atom. The number of pyridine rings is 1. The quantitative estimate of drug-likeness (QED) is 0.789. The van der Waals surface area contributed by atoms with E-state index >= 15 is 0 Å². The number of aromatic nitrogens is 3. The molecule has 2 heterocycles. The maximum atomic E-state index is 12.6. The van der Waals surface area contributed by atoms with Gasteiger partial charge in [-0.05, 0) is 18.6 Å². The fourth-order valence-corrected chi connectivity index (χ4v) is 3.27. The van der Waals surface area contributed by atoms with Gasteiger partial charge in [0.05, 0.1) is 10.5 Å². The molecule has 0 saturated carbocycles. The van der Waals surface area contributed by atoms with E-state index in [4.69, 9.17) is 11.6 Å². The molecule has 0 aliphatic carbocycles. The molecule has 0 spiro atoms. The summed E-state index contributed by atoms with van der Waals surface area (Å²) in [5.74, 6) is -0.508. The minimum Gasteiger partial charge on any atom is -0.348 e. The van der Waals surface area contributed by atoms with Crippen LogP contribution in [-0.4, -0.2) is 20.7 Å². The lowest BCUT2D eigenvalue weighted by atomic mass is 10.1. The lowest BCUT2D eigenvalue weighted by Gasteiger charge is -2.09. The largest absolute Gasteiger partial charge is 0.348 e. The fraction of sp³-hybridized carbons (Fsp3) is 0.200. The first-order valence-electron chi connectivity index (χ1n) is 6.93. The molecule has 0 unspecified atom stereocenters. The Labute approximate surface area is 140 Å². The lowest BCUT2D eigenvalue weighted by Crippen LogP contribution is -2.23. The minimum atomic E-state index is -0.508. The number of amides is 1. The highest BCUT2D eigenvalue weighted by Gasteiger charge is 2.17. The highest BCUT2D eigenvalue weighted by molar-refractivity contribution is 7.15. The Bertz CT molecular complexity index is 964. The number of nitrogens with one attached hydrogen (secondary N) is 1. The number of benzene rings is 1. The van der Waals surface area contributed by atoms with Gasteiger partial charge < -0.3 is 4.57 Å². The Balaban J connectivity index is 2.04. The van der Waals surface area contributed by atoms with Gasteiger partial charge in [0.15, 0.2) is 0 Å². The summed E-state index contributed by atoms with van der Waals surface area (Å²) in [5.41, 5.74) is 0.272. The van der Waals surface area contributed by atoms with Crippen LogP contribution in [0.3, 0.4) is 0 Å². The Kier molecular flexibility index (Phi) is 4.14.